The van der Waals surface area contributed by atoms with Gasteiger partial charge in [-0.15, -0.1) is 0 Å². The second-order valence-electron chi connectivity index (χ2n) is 5.60. The molecule has 4 rings (SSSR count). The number of H-pyrrole nitrogens is 1. The number of aromatic amines is 1. The Morgan fingerprint density at radius 1 is 1.31 bits per heavy atom. The van der Waals surface area contributed by atoms with Crippen molar-refractivity contribution >= 4 is 28.2 Å². The lowest BCUT2D eigenvalue weighted by Gasteiger charge is -2.03. The summed E-state index contributed by atoms with van der Waals surface area (Å²) >= 11 is 0. The van der Waals surface area contributed by atoms with E-state index in [2.05, 4.69) is 15.1 Å². The second kappa shape index (κ2) is 5.99. The van der Waals surface area contributed by atoms with Crippen molar-refractivity contribution in [1.29, 1.82) is 0 Å². The highest BCUT2D eigenvalue weighted by molar-refractivity contribution is 6.04. The zero-order valence-electron chi connectivity index (χ0n) is 13.6. The van der Waals surface area contributed by atoms with Crippen LogP contribution in [0.3, 0.4) is 0 Å². The van der Waals surface area contributed by atoms with Gasteiger partial charge in [-0.3, -0.25) is 4.79 Å². The summed E-state index contributed by atoms with van der Waals surface area (Å²) in [6.07, 6.45) is 2.58. The van der Waals surface area contributed by atoms with Gasteiger partial charge in [-0.25, -0.2) is 9.37 Å². The summed E-state index contributed by atoms with van der Waals surface area (Å²) < 4.78 is 19.6. The van der Waals surface area contributed by atoms with E-state index >= 15 is 0 Å². The predicted octanol–water partition coefficient (Wildman–Crippen LogP) is 2.61. The number of hydrogen-bond acceptors (Lipinski definition) is 5. The van der Waals surface area contributed by atoms with E-state index in [1.54, 1.807) is 18.2 Å². The van der Waals surface area contributed by atoms with Crippen molar-refractivity contribution in [3.8, 4) is 11.5 Å². The minimum absolute atomic E-state index is 0.00211. The monoisotopic (exact) mass is 352 g/mol. The molecule has 0 aliphatic carbocycles. The van der Waals surface area contributed by atoms with Crippen LogP contribution in [-0.4, -0.2) is 33.1 Å². The van der Waals surface area contributed by atoms with E-state index in [-0.39, 0.29) is 11.3 Å². The summed E-state index contributed by atoms with van der Waals surface area (Å²) in [4.78, 5) is 19.7. The van der Waals surface area contributed by atoms with E-state index in [1.165, 1.54) is 37.9 Å². The number of halogens is 1. The highest BCUT2D eigenvalue weighted by atomic mass is 19.1. The average Bonchev–Trinajstić information content (AvgIpc) is 3.01. The summed E-state index contributed by atoms with van der Waals surface area (Å²) in [7, 11) is 1.51. The van der Waals surface area contributed by atoms with Crippen LogP contribution in [0.15, 0.2) is 52.6 Å². The van der Waals surface area contributed by atoms with Gasteiger partial charge < -0.3 is 14.8 Å². The maximum absolute atomic E-state index is 13.4. The Bertz CT molecular complexity index is 1230. The van der Waals surface area contributed by atoms with Crippen molar-refractivity contribution < 1.29 is 14.2 Å². The maximum atomic E-state index is 13.4. The molecule has 4 aromatic rings. The van der Waals surface area contributed by atoms with Gasteiger partial charge in [0.2, 0.25) is 0 Å². The van der Waals surface area contributed by atoms with Crippen molar-refractivity contribution in [1.82, 2.24) is 14.6 Å². The van der Waals surface area contributed by atoms with Gasteiger partial charge in [0.1, 0.15) is 34.7 Å². The van der Waals surface area contributed by atoms with Gasteiger partial charge in [0.15, 0.2) is 0 Å². The van der Waals surface area contributed by atoms with Crippen molar-refractivity contribution in [2.24, 2.45) is 5.10 Å². The third kappa shape index (κ3) is 2.57. The number of phenols is 1. The lowest BCUT2D eigenvalue weighted by atomic mass is 10.2. The van der Waals surface area contributed by atoms with Crippen LogP contribution in [-0.2, 0) is 0 Å². The first-order valence-electron chi connectivity index (χ1n) is 7.67. The van der Waals surface area contributed by atoms with E-state index in [4.69, 9.17) is 4.74 Å². The second-order valence-corrected chi connectivity index (χ2v) is 5.60. The van der Waals surface area contributed by atoms with Crippen LogP contribution in [0, 0.1) is 5.82 Å². The molecule has 7 nitrogen and oxygen atoms in total. The standard InChI is InChI=1S/C18H13FN4O3/c1-26-12-3-5-15(24)10(6-12)8-21-23-9-20-16-13-7-11(19)2-4-14(13)22-17(16)18(23)25/h2-9,22,24H,1H3. The third-order valence-corrected chi connectivity index (χ3v) is 4.01. The van der Waals surface area contributed by atoms with E-state index in [0.717, 1.165) is 4.68 Å². The van der Waals surface area contributed by atoms with Crippen LogP contribution in [0.1, 0.15) is 5.56 Å². The highest BCUT2D eigenvalue weighted by Crippen LogP contribution is 2.23. The molecule has 0 saturated carbocycles. The Kier molecular flexibility index (Phi) is 3.65. The molecular formula is C18H13FN4O3. The van der Waals surface area contributed by atoms with Gasteiger partial charge in [0.25, 0.3) is 5.56 Å². The molecule has 26 heavy (non-hydrogen) atoms. The van der Waals surface area contributed by atoms with Crippen LogP contribution in [0.25, 0.3) is 21.9 Å². The lowest BCUT2D eigenvalue weighted by molar-refractivity contribution is 0.412. The van der Waals surface area contributed by atoms with E-state index < -0.39 is 11.4 Å². The van der Waals surface area contributed by atoms with Crippen LogP contribution in [0.4, 0.5) is 4.39 Å². The Morgan fingerprint density at radius 2 is 2.15 bits per heavy atom. The Balaban J connectivity index is 1.82. The SMILES string of the molecule is COc1ccc(O)c(C=Nn2cnc3c([nH]c4ccc(F)cc43)c2=O)c1. The van der Waals surface area contributed by atoms with Crippen LogP contribution >= 0.6 is 0 Å². The number of nitrogens with one attached hydrogen (secondary N) is 1. The van der Waals surface area contributed by atoms with Gasteiger partial charge in [0.05, 0.1) is 13.3 Å². The molecule has 0 unspecified atom stereocenters. The van der Waals surface area contributed by atoms with E-state index in [0.29, 0.717) is 27.7 Å². The minimum atomic E-state index is -0.440. The molecular weight excluding hydrogens is 339 g/mol. The quantitative estimate of drug-likeness (QED) is 0.554. The van der Waals surface area contributed by atoms with Gasteiger partial charge in [-0.05, 0) is 36.4 Å². The van der Waals surface area contributed by atoms with Crippen molar-refractivity contribution in [3.63, 3.8) is 0 Å². The summed E-state index contributed by atoms with van der Waals surface area (Å²) in [6.45, 7) is 0. The molecule has 2 heterocycles. The van der Waals surface area contributed by atoms with Gasteiger partial charge in [-0.1, -0.05) is 0 Å². The molecule has 130 valence electrons. The smallest absolute Gasteiger partial charge is 0.298 e. The fraction of sp³-hybridized carbons (Fsp3) is 0.0556. The third-order valence-electron chi connectivity index (χ3n) is 4.01. The minimum Gasteiger partial charge on any atom is -0.507 e. The fourth-order valence-corrected chi connectivity index (χ4v) is 2.69. The van der Waals surface area contributed by atoms with E-state index in [9.17, 15) is 14.3 Å². The first-order chi connectivity index (χ1) is 12.6. The van der Waals surface area contributed by atoms with Gasteiger partial charge in [0, 0.05) is 16.5 Å². The summed E-state index contributed by atoms with van der Waals surface area (Å²) in [5.74, 6) is 0.136. The Labute approximate surface area is 146 Å². The Morgan fingerprint density at radius 3 is 2.96 bits per heavy atom. The topological polar surface area (TPSA) is 92.5 Å². The average molecular weight is 352 g/mol. The molecule has 0 aliphatic rings. The van der Waals surface area contributed by atoms with Crippen LogP contribution in [0.5, 0.6) is 11.5 Å². The molecule has 0 amide bonds. The number of benzene rings is 2. The molecule has 2 aromatic heterocycles. The number of aromatic hydroxyl groups is 1. The number of ether oxygens (including phenoxy) is 1. The normalized spacial score (nSPS) is 11.6. The number of rotatable bonds is 3. The van der Waals surface area contributed by atoms with Gasteiger partial charge in [-0.2, -0.15) is 9.78 Å². The first kappa shape index (κ1) is 15.8. The zero-order valence-corrected chi connectivity index (χ0v) is 13.6. The number of fused-ring (bicyclic) bond motifs is 3. The maximum Gasteiger partial charge on any atom is 0.298 e. The van der Waals surface area contributed by atoms with E-state index in [1.807, 2.05) is 0 Å². The molecule has 2 N–H and O–H groups in total. The number of aromatic nitrogens is 3. The van der Waals surface area contributed by atoms with Gasteiger partial charge >= 0.3 is 0 Å². The molecule has 0 fully saturated rings. The molecule has 8 heteroatoms. The van der Waals surface area contributed by atoms with Crippen molar-refractivity contribution in [2.45, 2.75) is 0 Å². The van der Waals surface area contributed by atoms with Crippen molar-refractivity contribution in [3.05, 3.63) is 64.5 Å². The lowest BCUT2D eigenvalue weighted by Crippen LogP contribution is -2.17. The molecule has 0 spiro atoms. The molecule has 0 aliphatic heterocycles. The summed E-state index contributed by atoms with van der Waals surface area (Å²) in [5.41, 5.74) is 1.15. The molecule has 2 aromatic carbocycles. The summed E-state index contributed by atoms with van der Waals surface area (Å²) in [6, 6.07) is 8.84. The number of hydrogen-bond donors (Lipinski definition) is 2. The summed E-state index contributed by atoms with van der Waals surface area (Å²) in [5, 5.41) is 14.5. The van der Waals surface area contributed by atoms with Crippen molar-refractivity contribution in [2.75, 3.05) is 7.11 Å². The van der Waals surface area contributed by atoms with Crippen LogP contribution < -0.4 is 10.3 Å². The van der Waals surface area contributed by atoms with Crippen LogP contribution in [0.2, 0.25) is 0 Å². The molecule has 0 radical (unpaired) electrons. The predicted molar refractivity (Wildman–Crippen MR) is 95.5 cm³/mol. The molecule has 0 bridgehead atoms. The number of nitrogens with zero attached hydrogens (tertiary/aromatic N) is 3. The highest BCUT2D eigenvalue weighted by Gasteiger charge is 2.11. The zero-order chi connectivity index (χ0) is 18.3. The fourth-order valence-electron chi connectivity index (χ4n) is 2.69. The number of methoxy groups -OCH3 is 1. The first-order valence-corrected chi connectivity index (χ1v) is 7.67. The largest absolute Gasteiger partial charge is 0.507 e. The molecule has 0 saturated heterocycles. The Hall–Kier alpha value is -3.68. The number of phenolic OH excluding ortho intramolecular Hbond substituents is 1. The molecule has 0 atom stereocenters.